The molecule has 0 atom stereocenters. The Morgan fingerprint density at radius 1 is 1.53 bits per heavy atom. The highest BCUT2D eigenvalue weighted by atomic mass is 127. The summed E-state index contributed by atoms with van der Waals surface area (Å²) in [5.74, 6) is 0. The normalized spacial score (nSPS) is 9.73. The maximum Gasteiger partial charge on any atom is 0.282 e. The summed E-state index contributed by atoms with van der Waals surface area (Å²) in [6.07, 6.45) is 0.509. The summed E-state index contributed by atoms with van der Waals surface area (Å²) in [7, 11) is 0. The van der Waals surface area contributed by atoms with Gasteiger partial charge in [-0.15, -0.1) is 0 Å². The lowest BCUT2D eigenvalue weighted by atomic mass is 10.1. The van der Waals surface area contributed by atoms with Gasteiger partial charge < -0.3 is 0 Å². The Hall–Kier alpha value is -1.02. The van der Waals surface area contributed by atoms with Crippen LogP contribution in [0.5, 0.6) is 0 Å². The first-order chi connectivity index (χ1) is 6.97. The van der Waals surface area contributed by atoms with Crippen LogP contribution in [-0.2, 0) is 0 Å². The van der Waals surface area contributed by atoms with Crippen LogP contribution in [0.2, 0.25) is 0 Å². The number of carbonyl (C=O) groups is 2. The number of nitro groups is 1. The van der Waals surface area contributed by atoms with E-state index < -0.39 is 15.9 Å². The number of nitro benzene ring substituents is 1. The molecule has 15 heavy (non-hydrogen) atoms. The lowest BCUT2D eigenvalue weighted by molar-refractivity contribution is -0.385. The highest BCUT2D eigenvalue weighted by molar-refractivity contribution is 14.1. The molecule has 0 N–H and O–H groups in total. The number of aldehydes is 1. The second-order valence-corrected chi connectivity index (χ2v) is 4.05. The van der Waals surface area contributed by atoms with Gasteiger partial charge in [0.1, 0.15) is 5.56 Å². The molecule has 0 radical (unpaired) electrons. The Bertz CT molecular complexity index is 460. The fourth-order valence-electron chi connectivity index (χ4n) is 0.978. The quantitative estimate of drug-likeness (QED) is 0.278. The molecule has 0 bridgehead atoms. The highest BCUT2D eigenvalue weighted by Gasteiger charge is 2.21. The van der Waals surface area contributed by atoms with Crippen LogP contribution in [0.4, 0.5) is 5.69 Å². The topological polar surface area (TPSA) is 77.3 Å². The predicted octanol–water partition coefficient (Wildman–Crippen LogP) is 2.39. The van der Waals surface area contributed by atoms with E-state index in [1.54, 1.807) is 22.6 Å². The zero-order valence-electron chi connectivity index (χ0n) is 7.07. The lowest BCUT2D eigenvalue weighted by Crippen LogP contribution is -2.01. The van der Waals surface area contributed by atoms with Crippen molar-refractivity contribution in [3.63, 3.8) is 0 Å². The minimum Gasteiger partial charge on any atom is -0.298 e. The van der Waals surface area contributed by atoms with E-state index in [1.165, 1.54) is 0 Å². The van der Waals surface area contributed by atoms with Crippen molar-refractivity contribution >= 4 is 51.4 Å². The van der Waals surface area contributed by atoms with Gasteiger partial charge in [0.05, 0.1) is 4.92 Å². The van der Waals surface area contributed by atoms with Crippen LogP contribution in [0.25, 0.3) is 0 Å². The van der Waals surface area contributed by atoms with E-state index in [9.17, 15) is 19.7 Å². The monoisotopic (exact) mass is 339 g/mol. The molecule has 1 aromatic rings. The van der Waals surface area contributed by atoms with Gasteiger partial charge in [0, 0.05) is 15.2 Å². The van der Waals surface area contributed by atoms with Crippen molar-refractivity contribution in [3.05, 3.63) is 36.9 Å². The predicted molar refractivity (Wildman–Crippen MR) is 61.4 cm³/mol. The van der Waals surface area contributed by atoms with E-state index in [0.717, 1.165) is 12.1 Å². The number of nitrogens with zero attached hydrogens (tertiary/aromatic N) is 1. The van der Waals surface area contributed by atoms with E-state index in [1.807, 2.05) is 0 Å². The van der Waals surface area contributed by atoms with E-state index in [2.05, 4.69) is 0 Å². The Labute approximate surface area is 103 Å². The largest absolute Gasteiger partial charge is 0.298 e. The van der Waals surface area contributed by atoms with Gasteiger partial charge in [0.25, 0.3) is 10.9 Å². The number of rotatable bonds is 3. The molecule has 0 aromatic heterocycles. The third-order valence-electron chi connectivity index (χ3n) is 1.65. The van der Waals surface area contributed by atoms with Gasteiger partial charge in [0.15, 0.2) is 6.29 Å². The van der Waals surface area contributed by atoms with Crippen molar-refractivity contribution in [1.29, 1.82) is 0 Å². The zero-order chi connectivity index (χ0) is 11.6. The van der Waals surface area contributed by atoms with Crippen molar-refractivity contribution in [2.75, 3.05) is 0 Å². The Kier molecular flexibility index (Phi) is 3.75. The van der Waals surface area contributed by atoms with E-state index in [4.69, 9.17) is 11.6 Å². The van der Waals surface area contributed by atoms with Crippen LogP contribution in [0.3, 0.4) is 0 Å². The van der Waals surface area contributed by atoms with E-state index in [-0.39, 0.29) is 11.1 Å². The summed E-state index contributed by atoms with van der Waals surface area (Å²) in [4.78, 5) is 31.3. The van der Waals surface area contributed by atoms with Crippen molar-refractivity contribution in [2.24, 2.45) is 0 Å². The molecule has 0 unspecified atom stereocenters. The molecule has 0 heterocycles. The number of carbonyl (C=O) groups excluding carboxylic acids is 2. The summed E-state index contributed by atoms with van der Waals surface area (Å²) in [5, 5.41) is 9.62. The Balaban J connectivity index is 3.52. The second-order valence-electron chi connectivity index (χ2n) is 2.54. The standard InChI is InChI=1S/C8H3ClINO4/c9-8(13)5-1-4(3-12)6(10)2-7(5)11(14)15/h1-3H. The second kappa shape index (κ2) is 4.67. The average molecular weight is 339 g/mol. The molecule has 0 aliphatic carbocycles. The van der Waals surface area contributed by atoms with Crippen LogP contribution >= 0.6 is 34.2 Å². The van der Waals surface area contributed by atoms with Crippen molar-refractivity contribution < 1.29 is 14.5 Å². The van der Waals surface area contributed by atoms with Gasteiger partial charge in [-0.1, -0.05) is 0 Å². The summed E-state index contributed by atoms with van der Waals surface area (Å²) in [6, 6.07) is 2.25. The maximum atomic E-state index is 10.9. The molecule has 0 aliphatic rings. The molecule has 0 amide bonds. The molecule has 5 nitrogen and oxygen atoms in total. The molecule has 78 valence electrons. The number of hydrogen-bond acceptors (Lipinski definition) is 4. The zero-order valence-corrected chi connectivity index (χ0v) is 9.98. The third kappa shape index (κ3) is 2.51. The van der Waals surface area contributed by atoms with Crippen LogP contribution in [0.15, 0.2) is 12.1 Å². The first kappa shape index (κ1) is 12.1. The van der Waals surface area contributed by atoms with Crippen LogP contribution in [-0.4, -0.2) is 16.5 Å². The number of hydrogen-bond donors (Lipinski definition) is 0. The minimum atomic E-state index is -0.957. The molecular weight excluding hydrogens is 336 g/mol. The lowest BCUT2D eigenvalue weighted by Gasteiger charge is -2.01. The molecule has 0 saturated heterocycles. The van der Waals surface area contributed by atoms with Crippen LogP contribution < -0.4 is 0 Å². The first-order valence-corrected chi connectivity index (χ1v) is 5.06. The third-order valence-corrected chi connectivity index (χ3v) is 2.79. The summed E-state index contributed by atoms with van der Waals surface area (Å²) in [6.45, 7) is 0. The van der Waals surface area contributed by atoms with E-state index in [0.29, 0.717) is 9.86 Å². The Morgan fingerprint density at radius 2 is 2.13 bits per heavy atom. The number of benzene rings is 1. The van der Waals surface area contributed by atoms with Gasteiger partial charge >= 0.3 is 0 Å². The summed E-state index contributed by atoms with van der Waals surface area (Å²) in [5.41, 5.74) is -0.473. The first-order valence-electron chi connectivity index (χ1n) is 3.60. The fraction of sp³-hybridized carbons (Fsp3) is 0. The van der Waals surface area contributed by atoms with E-state index >= 15 is 0 Å². The molecule has 0 fully saturated rings. The van der Waals surface area contributed by atoms with Crippen LogP contribution in [0.1, 0.15) is 20.7 Å². The molecule has 0 aliphatic heterocycles. The van der Waals surface area contributed by atoms with Crippen LogP contribution in [0, 0.1) is 13.7 Å². The summed E-state index contributed by atoms with van der Waals surface area (Å²) < 4.78 is 0.399. The highest BCUT2D eigenvalue weighted by Crippen LogP contribution is 2.25. The minimum absolute atomic E-state index is 0.199. The van der Waals surface area contributed by atoms with Crippen molar-refractivity contribution in [3.8, 4) is 0 Å². The van der Waals surface area contributed by atoms with Gasteiger partial charge in [-0.25, -0.2) is 0 Å². The molecule has 1 rings (SSSR count). The molecule has 0 spiro atoms. The smallest absolute Gasteiger partial charge is 0.282 e. The SMILES string of the molecule is O=Cc1cc(C(=O)Cl)c([N+](=O)[O-])cc1I. The molecule has 1 aromatic carbocycles. The van der Waals surface area contributed by atoms with Crippen molar-refractivity contribution in [1.82, 2.24) is 0 Å². The molecular formula is C8H3ClINO4. The Morgan fingerprint density at radius 3 is 2.53 bits per heavy atom. The molecule has 0 saturated carbocycles. The van der Waals surface area contributed by atoms with Crippen molar-refractivity contribution in [2.45, 2.75) is 0 Å². The van der Waals surface area contributed by atoms with Gasteiger partial charge in [0.2, 0.25) is 0 Å². The van der Waals surface area contributed by atoms with Gasteiger partial charge in [-0.3, -0.25) is 19.7 Å². The number of halogens is 2. The fourth-order valence-corrected chi connectivity index (χ4v) is 1.71. The molecule has 7 heteroatoms. The summed E-state index contributed by atoms with van der Waals surface area (Å²) >= 11 is 6.94. The van der Waals surface area contributed by atoms with Gasteiger partial charge in [-0.05, 0) is 40.3 Å². The average Bonchev–Trinajstić information content (AvgIpc) is 2.16. The van der Waals surface area contributed by atoms with Gasteiger partial charge in [-0.2, -0.15) is 0 Å². The maximum absolute atomic E-state index is 10.9.